The third-order valence-electron chi connectivity index (χ3n) is 2.00. The number of nitrogens with one attached hydrogen (secondary N) is 1. The molecule has 0 fully saturated rings. The first-order valence-electron chi connectivity index (χ1n) is 5.01. The lowest BCUT2D eigenvalue weighted by Gasteiger charge is -2.13. The molecule has 0 heterocycles. The van der Waals surface area contributed by atoms with E-state index >= 15 is 0 Å². The fourth-order valence-corrected chi connectivity index (χ4v) is 1.54. The minimum absolute atomic E-state index is 0.114. The maximum absolute atomic E-state index is 11.6. The van der Waals surface area contributed by atoms with E-state index in [4.69, 9.17) is 11.6 Å². The summed E-state index contributed by atoms with van der Waals surface area (Å²) in [5.74, 6) is -0.141. The molecule has 0 aliphatic carbocycles. The molecule has 3 heteroatoms. The third-order valence-corrected chi connectivity index (χ3v) is 2.45. The Balaban J connectivity index is 2.76. The van der Waals surface area contributed by atoms with Crippen LogP contribution in [0.15, 0.2) is 24.3 Å². The standard InChI is InChI=1S/C12H16ClNO/c1-8(2)14-12(15)11(13)10-6-4-5-9(3)7-10/h4-8,11H,1-3H3,(H,14,15). The summed E-state index contributed by atoms with van der Waals surface area (Å²) in [5.41, 5.74) is 1.95. The molecule has 15 heavy (non-hydrogen) atoms. The van der Waals surface area contributed by atoms with E-state index in [-0.39, 0.29) is 11.9 Å². The van der Waals surface area contributed by atoms with Crippen LogP contribution in [0, 0.1) is 6.92 Å². The van der Waals surface area contributed by atoms with Crippen molar-refractivity contribution in [2.45, 2.75) is 32.2 Å². The normalized spacial score (nSPS) is 12.6. The van der Waals surface area contributed by atoms with Gasteiger partial charge in [0.15, 0.2) is 0 Å². The molecule has 0 spiro atoms. The molecule has 1 atom stereocenters. The molecule has 82 valence electrons. The van der Waals surface area contributed by atoms with Crippen LogP contribution in [0.4, 0.5) is 0 Å². The van der Waals surface area contributed by atoms with E-state index in [2.05, 4.69) is 5.32 Å². The van der Waals surface area contributed by atoms with Gasteiger partial charge in [-0.3, -0.25) is 4.79 Å². The van der Waals surface area contributed by atoms with Crippen LogP contribution in [0.25, 0.3) is 0 Å². The maximum Gasteiger partial charge on any atom is 0.242 e. The molecule has 2 nitrogen and oxygen atoms in total. The van der Waals surface area contributed by atoms with Gasteiger partial charge in [0, 0.05) is 6.04 Å². The number of halogens is 1. The number of rotatable bonds is 3. The number of amides is 1. The molecule has 1 N–H and O–H groups in total. The van der Waals surface area contributed by atoms with Crippen LogP contribution >= 0.6 is 11.6 Å². The number of carbonyl (C=O) groups is 1. The Kier molecular flexibility index (Phi) is 4.15. The van der Waals surface area contributed by atoms with Crippen LogP contribution in [0.3, 0.4) is 0 Å². The molecule has 0 saturated carbocycles. The van der Waals surface area contributed by atoms with Crippen molar-refractivity contribution in [3.8, 4) is 0 Å². The average Bonchev–Trinajstić information content (AvgIpc) is 2.15. The number of alkyl halides is 1. The average molecular weight is 226 g/mol. The van der Waals surface area contributed by atoms with Crippen LogP contribution in [0.1, 0.15) is 30.4 Å². The summed E-state index contributed by atoms with van der Waals surface area (Å²) in [6, 6.07) is 7.79. The minimum Gasteiger partial charge on any atom is -0.352 e. The smallest absolute Gasteiger partial charge is 0.242 e. The largest absolute Gasteiger partial charge is 0.352 e. The van der Waals surface area contributed by atoms with E-state index in [0.29, 0.717) is 0 Å². The van der Waals surface area contributed by atoms with E-state index in [1.54, 1.807) is 0 Å². The van der Waals surface area contributed by atoms with Gasteiger partial charge >= 0.3 is 0 Å². The van der Waals surface area contributed by atoms with Gasteiger partial charge < -0.3 is 5.32 Å². The molecule has 0 radical (unpaired) electrons. The highest BCUT2D eigenvalue weighted by molar-refractivity contribution is 6.30. The van der Waals surface area contributed by atoms with Gasteiger partial charge in [-0.25, -0.2) is 0 Å². The molecule has 0 saturated heterocycles. The predicted octanol–water partition coefficient (Wildman–Crippen LogP) is 2.80. The van der Waals surface area contributed by atoms with Crippen molar-refractivity contribution in [2.24, 2.45) is 0 Å². The lowest BCUT2D eigenvalue weighted by Crippen LogP contribution is -2.32. The SMILES string of the molecule is Cc1cccc(C(Cl)C(=O)NC(C)C)c1. The van der Waals surface area contributed by atoms with Crippen LogP contribution in [0.2, 0.25) is 0 Å². The molecular formula is C12H16ClNO. The zero-order chi connectivity index (χ0) is 11.4. The van der Waals surface area contributed by atoms with Crippen molar-refractivity contribution in [3.63, 3.8) is 0 Å². The van der Waals surface area contributed by atoms with Crippen LogP contribution < -0.4 is 5.32 Å². The van der Waals surface area contributed by atoms with E-state index in [1.807, 2.05) is 45.0 Å². The van der Waals surface area contributed by atoms with Crippen LogP contribution in [-0.2, 0) is 4.79 Å². The van der Waals surface area contributed by atoms with E-state index < -0.39 is 5.38 Å². The highest BCUT2D eigenvalue weighted by Crippen LogP contribution is 2.21. The van der Waals surface area contributed by atoms with Crippen molar-refractivity contribution < 1.29 is 4.79 Å². The summed E-state index contributed by atoms with van der Waals surface area (Å²) in [4.78, 5) is 11.6. The highest BCUT2D eigenvalue weighted by Gasteiger charge is 2.17. The first-order chi connectivity index (χ1) is 7.00. The maximum atomic E-state index is 11.6. The van der Waals surface area contributed by atoms with Crippen molar-refractivity contribution in [3.05, 3.63) is 35.4 Å². The second kappa shape index (κ2) is 5.17. The molecule has 1 rings (SSSR count). The first kappa shape index (κ1) is 12.1. The summed E-state index contributed by atoms with van der Waals surface area (Å²) in [6.07, 6.45) is 0. The van der Waals surface area contributed by atoms with E-state index in [9.17, 15) is 4.79 Å². The Morgan fingerprint density at radius 2 is 2.07 bits per heavy atom. The van der Waals surface area contributed by atoms with Gasteiger partial charge in [-0.2, -0.15) is 0 Å². The number of hydrogen-bond acceptors (Lipinski definition) is 1. The van der Waals surface area contributed by atoms with Crippen molar-refractivity contribution in [1.82, 2.24) is 5.32 Å². The van der Waals surface area contributed by atoms with Crippen molar-refractivity contribution in [1.29, 1.82) is 0 Å². The molecule has 0 aliphatic rings. The first-order valence-corrected chi connectivity index (χ1v) is 5.45. The molecule has 1 unspecified atom stereocenters. The van der Waals surface area contributed by atoms with Crippen LogP contribution in [-0.4, -0.2) is 11.9 Å². The highest BCUT2D eigenvalue weighted by atomic mass is 35.5. The molecule has 1 amide bonds. The predicted molar refractivity (Wildman–Crippen MR) is 63.1 cm³/mol. The fourth-order valence-electron chi connectivity index (χ4n) is 1.34. The summed E-state index contributed by atoms with van der Waals surface area (Å²) in [6.45, 7) is 5.81. The van der Waals surface area contributed by atoms with Gasteiger partial charge in [-0.05, 0) is 26.3 Å². The topological polar surface area (TPSA) is 29.1 Å². The van der Waals surface area contributed by atoms with Gasteiger partial charge in [0.1, 0.15) is 5.38 Å². The molecule has 0 aliphatic heterocycles. The number of carbonyl (C=O) groups excluding carboxylic acids is 1. The zero-order valence-electron chi connectivity index (χ0n) is 9.25. The summed E-state index contributed by atoms with van der Waals surface area (Å²) in [7, 11) is 0. The summed E-state index contributed by atoms with van der Waals surface area (Å²) < 4.78 is 0. The Morgan fingerprint density at radius 1 is 1.40 bits per heavy atom. The van der Waals surface area contributed by atoms with Gasteiger partial charge in [-0.1, -0.05) is 29.8 Å². The number of aryl methyl sites for hydroxylation is 1. The quantitative estimate of drug-likeness (QED) is 0.788. The molecular weight excluding hydrogens is 210 g/mol. The molecule has 0 bridgehead atoms. The molecule has 1 aromatic carbocycles. The van der Waals surface area contributed by atoms with E-state index in [1.165, 1.54) is 0 Å². The Labute approximate surface area is 95.6 Å². The zero-order valence-corrected chi connectivity index (χ0v) is 10.0. The van der Waals surface area contributed by atoms with Gasteiger partial charge in [0.2, 0.25) is 5.91 Å². The Hall–Kier alpha value is -1.02. The number of hydrogen-bond donors (Lipinski definition) is 1. The Morgan fingerprint density at radius 3 is 2.60 bits per heavy atom. The summed E-state index contributed by atoms with van der Waals surface area (Å²) >= 11 is 6.06. The monoisotopic (exact) mass is 225 g/mol. The van der Waals surface area contributed by atoms with Crippen molar-refractivity contribution in [2.75, 3.05) is 0 Å². The second-order valence-corrected chi connectivity index (χ2v) is 4.38. The van der Waals surface area contributed by atoms with Gasteiger partial charge in [-0.15, -0.1) is 11.6 Å². The second-order valence-electron chi connectivity index (χ2n) is 3.94. The van der Waals surface area contributed by atoms with Crippen molar-refractivity contribution >= 4 is 17.5 Å². The number of benzene rings is 1. The lowest BCUT2D eigenvalue weighted by atomic mass is 10.1. The molecule has 1 aromatic rings. The van der Waals surface area contributed by atoms with E-state index in [0.717, 1.165) is 11.1 Å². The van der Waals surface area contributed by atoms with Gasteiger partial charge in [0.05, 0.1) is 0 Å². The summed E-state index contributed by atoms with van der Waals surface area (Å²) in [5, 5.41) is 2.19. The van der Waals surface area contributed by atoms with Crippen LogP contribution in [0.5, 0.6) is 0 Å². The van der Waals surface area contributed by atoms with Gasteiger partial charge in [0.25, 0.3) is 0 Å². The fraction of sp³-hybridized carbons (Fsp3) is 0.417. The minimum atomic E-state index is -0.604. The lowest BCUT2D eigenvalue weighted by molar-refractivity contribution is -0.121. The third kappa shape index (κ3) is 3.56. The molecule has 0 aromatic heterocycles. The Bertz CT molecular complexity index is 349.